The Morgan fingerprint density at radius 2 is 1.94 bits per heavy atom. The Hall–Kier alpha value is -4.60. The Morgan fingerprint density at radius 3 is 2.69 bits per heavy atom. The highest BCUT2D eigenvalue weighted by atomic mass is 16.5. The molecule has 186 valence electrons. The van der Waals surface area contributed by atoms with Crippen molar-refractivity contribution in [2.24, 2.45) is 0 Å². The van der Waals surface area contributed by atoms with Crippen LogP contribution in [0, 0.1) is 0 Å². The van der Waals surface area contributed by atoms with Crippen LogP contribution in [0.4, 0.5) is 11.5 Å². The van der Waals surface area contributed by atoms with Gasteiger partial charge in [0.2, 0.25) is 5.89 Å². The standard InChI is InChI=1S/C26H27N5O5/c1-3-4-15-30-24(27)23(25(33)29-26(30)34)31(16-17-9-5-7-11-19(17)35-2)22(32)14-13-21-28-18-10-6-8-12-20(18)36-21/h5-14H,3-4,15-16,27H2,1-2H3,(H,29,33,34). The number of ether oxygens (including phenoxy) is 1. The zero-order valence-corrected chi connectivity index (χ0v) is 20.1. The minimum absolute atomic E-state index is 0.0278. The third kappa shape index (κ3) is 5.07. The van der Waals surface area contributed by atoms with Crippen LogP contribution in [0.15, 0.2) is 68.6 Å². The third-order valence-electron chi connectivity index (χ3n) is 5.69. The second-order valence-corrected chi connectivity index (χ2v) is 8.09. The molecule has 4 rings (SSSR count). The van der Waals surface area contributed by atoms with Crippen LogP contribution in [0.2, 0.25) is 0 Å². The summed E-state index contributed by atoms with van der Waals surface area (Å²) in [4.78, 5) is 46.7. The average Bonchev–Trinajstić information content (AvgIpc) is 3.30. The van der Waals surface area contributed by atoms with Gasteiger partial charge < -0.3 is 14.9 Å². The maximum atomic E-state index is 13.5. The number of methoxy groups -OCH3 is 1. The molecule has 2 heterocycles. The number of anilines is 2. The van der Waals surface area contributed by atoms with Gasteiger partial charge in [-0.15, -0.1) is 0 Å². The molecule has 0 bridgehead atoms. The first-order chi connectivity index (χ1) is 17.4. The maximum Gasteiger partial charge on any atom is 0.330 e. The molecule has 3 N–H and O–H groups in total. The Labute approximate surface area is 206 Å². The number of carbonyl (C=O) groups excluding carboxylic acids is 1. The number of para-hydroxylation sites is 3. The second-order valence-electron chi connectivity index (χ2n) is 8.09. The Kier molecular flexibility index (Phi) is 7.33. The van der Waals surface area contributed by atoms with Crippen molar-refractivity contribution < 1.29 is 13.9 Å². The molecule has 36 heavy (non-hydrogen) atoms. The summed E-state index contributed by atoms with van der Waals surface area (Å²) in [6.45, 7) is 2.25. The van der Waals surface area contributed by atoms with Crippen LogP contribution in [-0.4, -0.2) is 27.6 Å². The summed E-state index contributed by atoms with van der Waals surface area (Å²) in [6.07, 6.45) is 4.17. The van der Waals surface area contributed by atoms with Crippen molar-refractivity contribution in [1.29, 1.82) is 0 Å². The second kappa shape index (κ2) is 10.8. The number of unbranched alkanes of at least 4 members (excludes halogenated alkanes) is 1. The molecule has 10 heteroatoms. The predicted octanol–water partition coefficient (Wildman–Crippen LogP) is 3.32. The van der Waals surface area contributed by atoms with Crippen LogP contribution in [0.25, 0.3) is 17.2 Å². The van der Waals surface area contributed by atoms with Gasteiger partial charge in [0.05, 0.1) is 13.7 Å². The molecular formula is C26H27N5O5. The number of aromatic nitrogens is 3. The molecule has 0 atom stereocenters. The zero-order chi connectivity index (χ0) is 25.7. The number of rotatable bonds is 9. The molecule has 0 spiro atoms. The van der Waals surface area contributed by atoms with Gasteiger partial charge in [0.15, 0.2) is 11.3 Å². The number of amides is 1. The maximum absolute atomic E-state index is 13.5. The molecule has 0 saturated heterocycles. The molecule has 10 nitrogen and oxygen atoms in total. The highest BCUT2D eigenvalue weighted by Gasteiger charge is 2.24. The number of nitrogen functional groups attached to an aromatic ring is 1. The fourth-order valence-electron chi connectivity index (χ4n) is 3.84. The summed E-state index contributed by atoms with van der Waals surface area (Å²) < 4.78 is 12.4. The van der Waals surface area contributed by atoms with E-state index in [1.54, 1.807) is 36.4 Å². The number of benzene rings is 2. The van der Waals surface area contributed by atoms with Crippen molar-refractivity contribution in [1.82, 2.24) is 14.5 Å². The highest BCUT2D eigenvalue weighted by Crippen LogP contribution is 2.25. The lowest BCUT2D eigenvalue weighted by atomic mass is 10.1. The SMILES string of the molecule is CCCCn1c(N)c(N(Cc2ccccc2OC)C(=O)C=Cc2nc3ccccc3o2)c(=O)[nH]c1=O. The number of hydrogen-bond acceptors (Lipinski definition) is 7. The van der Waals surface area contributed by atoms with E-state index < -0.39 is 17.2 Å². The van der Waals surface area contributed by atoms with Gasteiger partial charge in [-0.2, -0.15) is 0 Å². The van der Waals surface area contributed by atoms with Crippen molar-refractivity contribution in [2.45, 2.75) is 32.9 Å². The van der Waals surface area contributed by atoms with Gasteiger partial charge in [0.1, 0.15) is 17.1 Å². The molecule has 0 aliphatic carbocycles. The molecule has 0 unspecified atom stereocenters. The van der Waals surface area contributed by atoms with Crippen molar-refractivity contribution in [3.63, 3.8) is 0 Å². The van der Waals surface area contributed by atoms with Crippen molar-refractivity contribution in [3.8, 4) is 5.75 Å². The van der Waals surface area contributed by atoms with Crippen LogP contribution in [0.3, 0.4) is 0 Å². The van der Waals surface area contributed by atoms with E-state index >= 15 is 0 Å². The molecule has 0 aliphatic rings. The number of carbonyl (C=O) groups is 1. The Bertz CT molecular complexity index is 1500. The molecule has 2 aromatic heterocycles. The summed E-state index contributed by atoms with van der Waals surface area (Å²) in [7, 11) is 1.52. The first kappa shape index (κ1) is 24.5. The normalized spacial score (nSPS) is 11.3. The quantitative estimate of drug-likeness (QED) is 0.344. The van der Waals surface area contributed by atoms with Crippen LogP contribution < -0.4 is 26.6 Å². The molecule has 0 radical (unpaired) electrons. The monoisotopic (exact) mass is 489 g/mol. The van der Waals surface area contributed by atoms with E-state index in [1.165, 1.54) is 28.7 Å². The molecule has 1 amide bonds. The van der Waals surface area contributed by atoms with Crippen LogP contribution in [0.1, 0.15) is 31.2 Å². The Morgan fingerprint density at radius 1 is 1.19 bits per heavy atom. The lowest BCUT2D eigenvalue weighted by molar-refractivity contribution is -0.114. The lowest BCUT2D eigenvalue weighted by Gasteiger charge is -2.24. The van der Waals surface area contributed by atoms with E-state index in [1.807, 2.05) is 19.1 Å². The van der Waals surface area contributed by atoms with Gasteiger partial charge in [-0.3, -0.25) is 24.0 Å². The van der Waals surface area contributed by atoms with Gasteiger partial charge >= 0.3 is 5.69 Å². The molecule has 4 aromatic rings. The summed E-state index contributed by atoms with van der Waals surface area (Å²) in [6, 6.07) is 14.4. The number of fused-ring (bicyclic) bond motifs is 1. The first-order valence-corrected chi connectivity index (χ1v) is 11.5. The fourth-order valence-corrected chi connectivity index (χ4v) is 3.84. The van der Waals surface area contributed by atoms with Gasteiger partial charge in [-0.1, -0.05) is 43.7 Å². The summed E-state index contributed by atoms with van der Waals surface area (Å²) in [5.74, 6) is 0.126. The number of nitrogens with two attached hydrogens (primary N) is 1. The predicted molar refractivity (Wildman–Crippen MR) is 138 cm³/mol. The van der Waals surface area contributed by atoms with E-state index in [0.29, 0.717) is 35.4 Å². The summed E-state index contributed by atoms with van der Waals surface area (Å²) in [5.41, 5.74) is 6.69. The van der Waals surface area contributed by atoms with Crippen molar-refractivity contribution in [2.75, 3.05) is 17.7 Å². The molecule has 0 fully saturated rings. The van der Waals surface area contributed by atoms with Gasteiger partial charge in [0, 0.05) is 24.3 Å². The number of aromatic amines is 1. The van der Waals surface area contributed by atoms with Crippen molar-refractivity contribution >= 4 is 34.6 Å². The van der Waals surface area contributed by atoms with E-state index in [-0.39, 0.29) is 23.9 Å². The first-order valence-electron chi connectivity index (χ1n) is 11.5. The number of nitrogens with one attached hydrogen (secondary N) is 1. The average molecular weight is 490 g/mol. The van der Waals surface area contributed by atoms with Gasteiger partial charge in [0.25, 0.3) is 11.5 Å². The topological polar surface area (TPSA) is 136 Å². The van der Waals surface area contributed by atoms with E-state index in [9.17, 15) is 14.4 Å². The van der Waals surface area contributed by atoms with Crippen molar-refractivity contribution in [3.05, 3.63) is 86.9 Å². The number of hydrogen-bond donors (Lipinski definition) is 2. The molecular weight excluding hydrogens is 462 g/mol. The highest BCUT2D eigenvalue weighted by molar-refractivity contribution is 6.05. The van der Waals surface area contributed by atoms with E-state index in [0.717, 1.165) is 6.42 Å². The minimum Gasteiger partial charge on any atom is -0.496 e. The van der Waals surface area contributed by atoms with Gasteiger partial charge in [-0.25, -0.2) is 9.78 Å². The van der Waals surface area contributed by atoms with Crippen LogP contribution >= 0.6 is 0 Å². The summed E-state index contributed by atoms with van der Waals surface area (Å²) in [5, 5.41) is 0. The molecule has 0 aliphatic heterocycles. The largest absolute Gasteiger partial charge is 0.496 e. The van der Waals surface area contributed by atoms with Crippen LogP contribution in [0.5, 0.6) is 5.75 Å². The molecule has 2 aromatic carbocycles. The van der Waals surface area contributed by atoms with E-state index in [2.05, 4.69) is 9.97 Å². The Balaban J connectivity index is 1.78. The third-order valence-corrected chi connectivity index (χ3v) is 5.69. The number of oxazole rings is 1. The van der Waals surface area contributed by atoms with E-state index in [4.69, 9.17) is 14.9 Å². The number of H-pyrrole nitrogens is 1. The molecule has 0 saturated carbocycles. The smallest absolute Gasteiger partial charge is 0.330 e. The fraction of sp³-hybridized carbons (Fsp3) is 0.231. The minimum atomic E-state index is -0.760. The summed E-state index contributed by atoms with van der Waals surface area (Å²) >= 11 is 0. The number of nitrogens with zero attached hydrogens (tertiary/aromatic N) is 3. The lowest BCUT2D eigenvalue weighted by Crippen LogP contribution is -2.40. The van der Waals surface area contributed by atoms with Crippen LogP contribution in [-0.2, 0) is 17.9 Å². The zero-order valence-electron chi connectivity index (χ0n) is 20.1. The van der Waals surface area contributed by atoms with Gasteiger partial charge in [-0.05, 0) is 24.6 Å².